The summed E-state index contributed by atoms with van der Waals surface area (Å²) < 4.78 is 27.5. The van der Waals surface area contributed by atoms with Crippen molar-refractivity contribution in [3.63, 3.8) is 0 Å². The molecule has 14 heteroatoms. The largest absolute Gasteiger partial charge is 0.469 e. The topological polar surface area (TPSA) is 126 Å². The van der Waals surface area contributed by atoms with Crippen LogP contribution >= 0.6 is 0 Å². The monoisotopic (exact) mass is 816 g/mol. The van der Waals surface area contributed by atoms with Gasteiger partial charge in [0.25, 0.3) is 0 Å². The van der Waals surface area contributed by atoms with Crippen LogP contribution in [-0.2, 0) is 28.3 Å². The van der Waals surface area contributed by atoms with E-state index in [0.717, 1.165) is 38.8 Å². The standard InChI is InChI=1S/C43H77N7O6Si/c1-10-11-12-25-28-49(29-26-23-21-19-17-15-13-14-16-18-20-22-24-27-35(51)52-7)54-31-43-30-53-37(38(43)56-57(8,9)42(2,3)4)41(55-43)50-34-46-36-39(47-33-48(5)6)44-32-45-40(36)50/h32-34,37-38,41H,10-31H2,1-9H3/t37?,38?,41-,43-/m1/s1. The number of imidazole rings is 1. The van der Waals surface area contributed by atoms with Crippen LogP contribution < -0.4 is 0 Å². The molecule has 324 valence electrons. The van der Waals surface area contributed by atoms with Crippen molar-refractivity contribution in [1.82, 2.24) is 29.5 Å². The van der Waals surface area contributed by atoms with E-state index in [9.17, 15) is 4.79 Å². The minimum atomic E-state index is -2.22. The van der Waals surface area contributed by atoms with Crippen LogP contribution in [0.25, 0.3) is 11.2 Å². The predicted molar refractivity (Wildman–Crippen MR) is 230 cm³/mol. The lowest BCUT2D eigenvalue weighted by Crippen LogP contribution is -2.54. The molecule has 4 atom stereocenters. The first-order valence-corrected chi connectivity index (χ1v) is 25.0. The summed E-state index contributed by atoms with van der Waals surface area (Å²) in [6, 6.07) is 0. The number of aromatic nitrogens is 4. The van der Waals surface area contributed by atoms with E-state index in [1.807, 2.05) is 23.6 Å². The molecule has 57 heavy (non-hydrogen) atoms. The summed E-state index contributed by atoms with van der Waals surface area (Å²) in [4.78, 5) is 38.1. The molecule has 13 nitrogen and oxygen atoms in total. The van der Waals surface area contributed by atoms with Crippen molar-refractivity contribution in [2.24, 2.45) is 4.99 Å². The Morgan fingerprint density at radius 2 is 1.53 bits per heavy atom. The fourth-order valence-corrected chi connectivity index (χ4v) is 8.78. The number of nitrogens with zero attached hydrogens (tertiary/aromatic N) is 7. The Labute approximate surface area is 345 Å². The van der Waals surface area contributed by atoms with Crippen LogP contribution in [0.1, 0.15) is 149 Å². The van der Waals surface area contributed by atoms with Crippen molar-refractivity contribution in [3.8, 4) is 0 Å². The zero-order valence-electron chi connectivity index (χ0n) is 37.1. The molecule has 0 saturated carbocycles. The number of fused-ring (bicyclic) bond motifs is 3. The number of carbonyl (C=O) groups excluding carboxylic acids is 1. The van der Waals surface area contributed by atoms with Gasteiger partial charge in [0, 0.05) is 33.6 Å². The highest BCUT2D eigenvalue weighted by Gasteiger charge is 2.65. The fraction of sp³-hybridized carbons (Fsp3) is 0.837. The maximum atomic E-state index is 11.2. The number of carbonyl (C=O) groups is 1. The van der Waals surface area contributed by atoms with Crippen LogP contribution in [-0.4, -0.2) is 115 Å². The van der Waals surface area contributed by atoms with E-state index in [0.29, 0.717) is 36.6 Å². The molecule has 2 aliphatic rings. The lowest BCUT2D eigenvalue weighted by molar-refractivity contribution is -0.243. The van der Waals surface area contributed by atoms with Crippen molar-refractivity contribution in [2.75, 3.05) is 47.5 Å². The minimum absolute atomic E-state index is 0.0145. The Morgan fingerprint density at radius 3 is 2.11 bits per heavy atom. The molecule has 0 aromatic carbocycles. The number of rotatable bonds is 29. The Kier molecular flexibility index (Phi) is 19.3. The second-order valence-electron chi connectivity index (χ2n) is 18.1. The minimum Gasteiger partial charge on any atom is -0.469 e. The molecule has 2 bridgehead atoms. The molecule has 0 N–H and O–H groups in total. The van der Waals surface area contributed by atoms with Crippen molar-refractivity contribution < 1.29 is 28.3 Å². The number of esters is 1. The highest BCUT2D eigenvalue weighted by atomic mass is 28.4. The van der Waals surface area contributed by atoms with Gasteiger partial charge >= 0.3 is 5.97 Å². The quantitative estimate of drug-likeness (QED) is 0.0195. The summed E-state index contributed by atoms with van der Waals surface area (Å²) in [5.41, 5.74) is 0.494. The van der Waals surface area contributed by atoms with E-state index in [1.165, 1.54) is 96.9 Å². The van der Waals surface area contributed by atoms with Crippen molar-refractivity contribution >= 4 is 37.6 Å². The summed E-state index contributed by atoms with van der Waals surface area (Å²) in [6.45, 7) is 16.2. The number of hydrogen-bond acceptors (Lipinski definition) is 11. The van der Waals surface area contributed by atoms with E-state index in [-0.39, 0.29) is 23.2 Å². The summed E-state index contributed by atoms with van der Waals surface area (Å²) in [7, 11) is 3.09. The molecule has 0 aliphatic carbocycles. The predicted octanol–water partition coefficient (Wildman–Crippen LogP) is 9.55. The Balaban J connectivity index is 1.32. The van der Waals surface area contributed by atoms with Crippen LogP contribution in [0.15, 0.2) is 17.6 Å². The highest BCUT2D eigenvalue weighted by molar-refractivity contribution is 6.74. The van der Waals surface area contributed by atoms with Gasteiger partial charge in [-0.1, -0.05) is 118 Å². The normalized spacial score (nSPS) is 21.1. The third-order valence-corrected chi connectivity index (χ3v) is 16.5. The van der Waals surface area contributed by atoms with Gasteiger partial charge in [-0.3, -0.25) is 14.2 Å². The molecule has 4 heterocycles. The molecule has 2 aliphatic heterocycles. The van der Waals surface area contributed by atoms with Gasteiger partial charge in [-0.2, -0.15) is 5.06 Å². The SMILES string of the molecule is CCCCCCN(CCCCCCCCCCCCCCCC(=O)OC)OC[C@]12COC(C1O[Si](C)(C)C(C)(C)C)[C@H](n1cnc3c(N=CN(C)C)ncnc31)O2. The summed E-state index contributed by atoms with van der Waals surface area (Å²) in [5.74, 6) is 0.420. The van der Waals surface area contributed by atoms with E-state index in [2.05, 4.69) is 60.8 Å². The molecule has 2 unspecified atom stereocenters. The van der Waals surface area contributed by atoms with Gasteiger partial charge in [-0.05, 0) is 37.4 Å². The first-order chi connectivity index (χ1) is 27.3. The van der Waals surface area contributed by atoms with Gasteiger partial charge in [-0.15, -0.1) is 0 Å². The number of methoxy groups -OCH3 is 1. The fourth-order valence-electron chi connectivity index (χ4n) is 7.44. The van der Waals surface area contributed by atoms with Crippen molar-refractivity contribution in [1.29, 1.82) is 0 Å². The zero-order chi connectivity index (χ0) is 41.3. The second-order valence-corrected chi connectivity index (χ2v) is 22.8. The number of ether oxygens (including phenoxy) is 3. The first-order valence-electron chi connectivity index (χ1n) is 22.1. The third-order valence-electron chi connectivity index (χ3n) is 12.0. The maximum Gasteiger partial charge on any atom is 0.305 e. The van der Waals surface area contributed by atoms with Gasteiger partial charge in [0.1, 0.15) is 30.7 Å². The van der Waals surface area contributed by atoms with Crippen LogP contribution in [0, 0.1) is 0 Å². The van der Waals surface area contributed by atoms with Gasteiger partial charge < -0.3 is 23.5 Å². The highest BCUT2D eigenvalue weighted by Crippen LogP contribution is 2.50. The molecular formula is C43H77N7O6Si. The molecule has 0 spiro atoms. The Hall–Kier alpha value is -2.49. The number of hydroxylamine groups is 2. The second kappa shape index (κ2) is 23.3. The molecule has 2 aromatic rings. The molecule has 4 rings (SSSR count). The number of aliphatic imine (C=N–C) groups is 1. The van der Waals surface area contributed by atoms with Gasteiger partial charge in [-0.25, -0.2) is 19.9 Å². The van der Waals surface area contributed by atoms with Crippen LogP contribution in [0.3, 0.4) is 0 Å². The van der Waals surface area contributed by atoms with Crippen LogP contribution in [0.5, 0.6) is 0 Å². The van der Waals surface area contributed by atoms with Crippen molar-refractivity contribution in [3.05, 3.63) is 12.7 Å². The lowest BCUT2D eigenvalue weighted by atomic mass is 10.0. The van der Waals surface area contributed by atoms with E-state index >= 15 is 0 Å². The smallest absolute Gasteiger partial charge is 0.305 e. The molecule has 2 fully saturated rings. The lowest BCUT2D eigenvalue weighted by Gasteiger charge is -2.41. The average Bonchev–Trinajstić information content (AvgIpc) is 3.84. The van der Waals surface area contributed by atoms with Gasteiger partial charge in [0.05, 0.1) is 26.4 Å². The third kappa shape index (κ3) is 14.1. The summed E-state index contributed by atoms with van der Waals surface area (Å²) in [6.07, 6.45) is 25.2. The number of unbranched alkanes of at least 4 members (excludes halogenated alkanes) is 15. The zero-order valence-corrected chi connectivity index (χ0v) is 38.1. The van der Waals surface area contributed by atoms with E-state index < -0.39 is 20.1 Å². The van der Waals surface area contributed by atoms with Crippen molar-refractivity contribution in [2.45, 2.75) is 185 Å². The van der Waals surface area contributed by atoms with Gasteiger partial charge in [0.15, 0.2) is 31.5 Å². The van der Waals surface area contributed by atoms with Crippen LogP contribution in [0.4, 0.5) is 5.82 Å². The maximum absolute atomic E-state index is 11.2. The summed E-state index contributed by atoms with van der Waals surface area (Å²) in [5, 5.41) is 2.21. The van der Waals surface area contributed by atoms with E-state index in [1.54, 1.807) is 12.7 Å². The molecule has 2 saturated heterocycles. The average molecular weight is 816 g/mol. The summed E-state index contributed by atoms with van der Waals surface area (Å²) >= 11 is 0. The first kappa shape index (κ1) is 47.2. The van der Waals surface area contributed by atoms with Gasteiger partial charge in [0.2, 0.25) is 0 Å². The molecule has 0 radical (unpaired) electrons. The Morgan fingerprint density at radius 1 is 0.930 bits per heavy atom. The Bertz CT molecular complexity index is 1500. The number of hydrogen-bond donors (Lipinski definition) is 0. The van der Waals surface area contributed by atoms with E-state index in [4.69, 9.17) is 28.5 Å². The molecular weight excluding hydrogens is 739 g/mol. The molecule has 2 aromatic heterocycles. The molecule has 0 amide bonds. The van der Waals surface area contributed by atoms with Crippen LogP contribution in [0.2, 0.25) is 18.1 Å².